The minimum atomic E-state index is -0.302. The Hall–Kier alpha value is -1.40. The van der Waals surface area contributed by atoms with Crippen molar-refractivity contribution in [3.8, 4) is 11.8 Å². The highest BCUT2D eigenvalue weighted by molar-refractivity contribution is 5.93. The number of nitrogens with zero attached hydrogens (tertiary/aromatic N) is 1. The molecule has 3 atom stereocenters. The third-order valence-electron chi connectivity index (χ3n) is 8.15. The van der Waals surface area contributed by atoms with E-state index in [0.29, 0.717) is 24.5 Å². The first-order chi connectivity index (χ1) is 12.8. The quantitative estimate of drug-likeness (QED) is 0.653. The summed E-state index contributed by atoms with van der Waals surface area (Å²) in [7, 11) is 0. The molecular formula is C24H33NO2. The zero-order valence-electron chi connectivity index (χ0n) is 17.2. The van der Waals surface area contributed by atoms with Crippen LogP contribution in [0.25, 0.3) is 0 Å². The number of Topliss-reactive ketones (excluding diaryl/α,β-unsaturated/α-hetero) is 1. The lowest BCUT2D eigenvalue weighted by Crippen LogP contribution is -2.54. The first-order valence-electron chi connectivity index (χ1n) is 10.8. The molecule has 0 N–H and O–H groups in total. The van der Waals surface area contributed by atoms with Crippen LogP contribution in [0.3, 0.4) is 0 Å². The maximum Gasteiger partial charge on any atom is 0.155 e. The van der Waals surface area contributed by atoms with E-state index in [2.05, 4.69) is 37.5 Å². The van der Waals surface area contributed by atoms with Crippen LogP contribution < -0.4 is 0 Å². The summed E-state index contributed by atoms with van der Waals surface area (Å²) in [5, 5.41) is 0. The van der Waals surface area contributed by atoms with E-state index >= 15 is 0 Å². The van der Waals surface area contributed by atoms with Gasteiger partial charge in [-0.2, -0.15) is 0 Å². The summed E-state index contributed by atoms with van der Waals surface area (Å²) >= 11 is 0. The fourth-order valence-corrected chi connectivity index (χ4v) is 6.52. The van der Waals surface area contributed by atoms with Gasteiger partial charge in [-0.05, 0) is 74.6 Å². The SMILES string of the molecule is CC1(C)C(=O)CC[C@]2(C)C3=CC(=O)CC[C@]3(C#CCN3CCCC3)CCC12. The summed E-state index contributed by atoms with van der Waals surface area (Å²) in [6.45, 7) is 9.74. The molecule has 3 aliphatic carbocycles. The number of hydrogen-bond donors (Lipinski definition) is 0. The molecule has 27 heavy (non-hydrogen) atoms. The molecule has 1 unspecified atom stereocenters. The van der Waals surface area contributed by atoms with Crippen molar-refractivity contribution in [2.24, 2.45) is 22.2 Å². The molecule has 3 fully saturated rings. The predicted octanol–water partition coefficient (Wildman–Crippen LogP) is 4.17. The Bertz CT molecular complexity index is 746. The Morgan fingerprint density at radius 1 is 1.07 bits per heavy atom. The van der Waals surface area contributed by atoms with Gasteiger partial charge in [0.05, 0.1) is 12.0 Å². The van der Waals surface area contributed by atoms with Gasteiger partial charge in [-0.15, -0.1) is 0 Å². The highest BCUT2D eigenvalue weighted by atomic mass is 16.1. The molecule has 1 saturated heterocycles. The number of hydrogen-bond acceptors (Lipinski definition) is 3. The molecule has 0 spiro atoms. The highest BCUT2D eigenvalue weighted by Crippen LogP contribution is 2.64. The second-order valence-corrected chi connectivity index (χ2v) is 10.0. The van der Waals surface area contributed by atoms with E-state index in [1.165, 1.54) is 31.5 Å². The van der Waals surface area contributed by atoms with Crippen molar-refractivity contribution < 1.29 is 9.59 Å². The van der Waals surface area contributed by atoms with E-state index in [-0.39, 0.29) is 22.0 Å². The summed E-state index contributed by atoms with van der Waals surface area (Å²) in [5.74, 6) is 8.14. The third kappa shape index (κ3) is 3.01. The number of ketones is 2. The summed E-state index contributed by atoms with van der Waals surface area (Å²) in [4.78, 5) is 27.4. The van der Waals surface area contributed by atoms with E-state index in [0.717, 1.165) is 32.2 Å². The normalized spacial score (nSPS) is 38.5. The fourth-order valence-electron chi connectivity index (χ4n) is 6.52. The number of carbonyl (C=O) groups is 2. The zero-order chi connectivity index (χ0) is 19.3. The number of rotatable bonds is 1. The summed E-state index contributed by atoms with van der Waals surface area (Å²) in [5.41, 5.74) is 0.740. The molecular weight excluding hydrogens is 334 g/mol. The van der Waals surface area contributed by atoms with Gasteiger partial charge in [-0.1, -0.05) is 32.6 Å². The van der Waals surface area contributed by atoms with Crippen LogP contribution in [0, 0.1) is 34.0 Å². The molecule has 0 aromatic carbocycles. The second kappa shape index (κ2) is 6.59. The maximum atomic E-state index is 12.6. The van der Waals surface area contributed by atoms with Gasteiger partial charge in [0.1, 0.15) is 5.78 Å². The molecule has 4 aliphatic rings. The Morgan fingerprint density at radius 2 is 1.81 bits per heavy atom. The minimum absolute atomic E-state index is 0.0753. The number of fused-ring (bicyclic) bond motifs is 3. The predicted molar refractivity (Wildman–Crippen MR) is 107 cm³/mol. The Labute approximate surface area is 164 Å². The number of allylic oxidation sites excluding steroid dienone is 2. The molecule has 1 aliphatic heterocycles. The Kier molecular flexibility index (Phi) is 4.62. The summed E-state index contributed by atoms with van der Waals surface area (Å²) < 4.78 is 0. The van der Waals surface area contributed by atoms with Crippen LogP contribution in [0.5, 0.6) is 0 Å². The first kappa shape index (κ1) is 18.9. The lowest BCUT2D eigenvalue weighted by Gasteiger charge is -2.59. The molecule has 0 aromatic heterocycles. The van der Waals surface area contributed by atoms with Crippen LogP contribution in [-0.2, 0) is 9.59 Å². The maximum absolute atomic E-state index is 12.6. The molecule has 1 heterocycles. The van der Waals surface area contributed by atoms with E-state index in [1.807, 2.05) is 6.08 Å². The topological polar surface area (TPSA) is 37.4 Å². The average Bonchev–Trinajstić information content (AvgIpc) is 3.13. The van der Waals surface area contributed by atoms with Gasteiger partial charge >= 0.3 is 0 Å². The lowest BCUT2D eigenvalue weighted by atomic mass is 9.44. The number of likely N-dealkylation sites (tertiary alicyclic amines) is 1. The monoisotopic (exact) mass is 367 g/mol. The molecule has 0 bridgehead atoms. The van der Waals surface area contributed by atoms with E-state index in [1.54, 1.807) is 0 Å². The van der Waals surface area contributed by atoms with Crippen LogP contribution in [0.4, 0.5) is 0 Å². The molecule has 3 nitrogen and oxygen atoms in total. The van der Waals surface area contributed by atoms with Gasteiger partial charge < -0.3 is 0 Å². The fraction of sp³-hybridized carbons (Fsp3) is 0.750. The highest BCUT2D eigenvalue weighted by Gasteiger charge is 2.59. The third-order valence-corrected chi connectivity index (χ3v) is 8.15. The molecule has 3 heteroatoms. The van der Waals surface area contributed by atoms with Gasteiger partial charge in [0.2, 0.25) is 0 Å². The zero-order valence-corrected chi connectivity index (χ0v) is 17.2. The molecule has 0 aromatic rings. The van der Waals surface area contributed by atoms with E-state index < -0.39 is 0 Å². The number of carbonyl (C=O) groups excluding carboxylic acids is 2. The molecule has 4 rings (SSSR count). The van der Waals surface area contributed by atoms with Crippen LogP contribution in [0.1, 0.15) is 72.1 Å². The standard InChI is InChI=1S/C24H33NO2/c1-22(2)19-8-13-24(10-6-16-25-14-4-5-15-25)12-7-18(26)17-20(24)23(19,3)11-9-21(22)27/h17,19H,4-5,7-9,11-16H2,1-3H3/t19?,23-,24+/m0/s1. The molecule has 0 radical (unpaired) electrons. The molecule has 0 amide bonds. The van der Waals surface area contributed by atoms with Crippen molar-refractivity contribution in [1.29, 1.82) is 0 Å². The van der Waals surface area contributed by atoms with Crippen molar-refractivity contribution in [3.05, 3.63) is 11.6 Å². The van der Waals surface area contributed by atoms with Gasteiger partial charge in [0.15, 0.2) is 5.78 Å². The van der Waals surface area contributed by atoms with Crippen LogP contribution in [-0.4, -0.2) is 36.1 Å². The summed E-state index contributed by atoms with van der Waals surface area (Å²) in [6.07, 6.45) is 9.52. The van der Waals surface area contributed by atoms with E-state index in [4.69, 9.17) is 0 Å². The summed E-state index contributed by atoms with van der Waals surface area (Å²) in [6, 6.07) is 0. The molecule has 2 saturated carbocycles. The van der Waals surface area contributed by atoms with Crippen LogP contribution in [0.2, 0.25) is 0 Å². The van der Waals surface area contributed by atoms with Gasteiger partial charge in [-0.25, -0.2) is 0 Å². The Morgan fingerprint density at radius 3 is 2.56 bits per heavy atom. The average molecular weight is 368 g/mol. The largest absolute Gasteiger partial charge is 0.299 e. The van der Waals surface area contributed by atoms with Crippen molar-refractivity contribution in [3.63, 3.8) is 0 Å². The van der Waals surface area contributed by atoms with Crippen LogP contribution >= 0.6 is 0 Å². The van der Waals surface area contributed by atoms with Crippen LogP contribution in [0.15, 0.2) is 11.6 Å². The van der Waals surface area contributed by atoms with Crippen molar-refractivity contribution >= 4 is 11.6 Å². The van der Waals surface area contributed by atoms with Gasteiger partial charge in [0.25, 0.3) is 0 Å². The van der Waals surface area contributed by atoms with Gasteiger partial charge in [-0.3, -0.25) is 14.5 Å². The molecule has 146 valence electrons. The van der Waals surface area contributed by atoms with E-state index in [9.17, 15) is 9.59 Å². The van der Waals surface area contributed by atoms with Crippen molar-refractivity contribution in [2.45, 2.75) is 72.1 Å². The smallest absolute Gasteiger partial charge is 0.155 e. The second-order valence-electron chi connectivity index (χ2n) is 10.0. The lowest BCUT2D eigenvalue weighted by molar-refractivity contribution is -0.141. The van der Waals surface area contributed by atoms with Crippen molar-refractivity contribution in [2.75, 3.05) is 19.6 Å². The Balaban J connectivity index is 1.69. The van der Waals surface area contributed by atoms with Crippen molar-refractivity contribution in [1.82, 2.24) is 4.90 Å². The minimum Gasteiger partial charge on any atom is -0.299 e. The first-order valence-corrected chi connectivity index (χ1v) is 10.8. The van der Waals surface area contributed by atoms with Gasteiger partial charge in [0, 0.05) is 18.3 Å².